The molecule has 1 aromatic heterocycles. The number of nitrogen functional groups attached to an aromatic ring is 1. The molecule has 1 aliphatic rings. The van der Waals surface area contributed by atoms with E-state index in [2.05, 4.69) is 34.9 Å². The lowest BCUT2D eigenvalue weighted by molar-refractivity contribution is 0.200. The molecule has 1 saturated heterocycles. The lowest BCUT2D eigenvalue weighted by atomic mass is 10.2. The quantitative estimate of drug-likeness (QED) is 0.852. The molecule has 0 aromatic carbocycles. The fourth-order valence-electron chi connectivity index (χ4n) is 2.28. The number of anilines is 2. The first-order valence-electron chi connectivity index (χ1n) is 5.84. The second kappa shape index (κ2) is 4.59. The smallest absolute Gasteiger partial charge is 0.142 e. The molecule has 16 heavy (non-hydrogen) atoms. The summed E-state index contributed by atoms with van der Waals surface area (Å²) in [6.45, 7) is 11.0. The van der Waals surface area contributed by atoms with Crippen molar-refractivity contribution in [2.24, 2.45) is 0 Å². The van der Waals surface area contributed by atoms with E-state index in [1.165, 1.54) is 16.5 Å². The highest BCUT2D eigenvalue weighted by atomic mass is 32.1. The van der Waals surface area contributed by atoms with Crippen LogP contribution in [-0.2, 0) is 0 Å². The highest BCUT2D eigenvalue weighted by Gasteiger charge is 2.24. The van der Waals surface area contributed by atoms with Crippen molar-refractivity contribution in [1.82, 2.24) is 9.27 Å². The van der Waals surface area contributed by atoms with Crippen LogP contribution in [0.3, 0.4) is 0 Å². The molecule has 0 aliphatic carbocycles. The fourth-order valence-corrected chi connectivity index (χ4v) is 3.13. The van der Waals surface area contributed by atoms with Gasteiger partial charge in [-0.2, -0.15) is 4.37 Å². The number of likely N-dealkylation sites (N-methyl/N-ethyl adjacent to an activating group) is 1. The number of hydrogen-bond donors (Lipinski definition) is 1. The maximum atomic E-state index is 5.80. The van der Waals surface area contributed by atoms with Gasteiger partial charge in [-0.15, -0.1) is 0 Å². The fraction of sp³-hybridized carbons (Fsp3) is 0.727. The molecule has 1 aromatic rings. The van der Waals surface area contributed by atoms with E-state index in [-0.39, 0.29) is 0 Å². The molecule has 5 heteroatoms. The normalized spacial score (nSPS) is 22.7. The van der Waals surface area contributed by atoms with Gasteiger partial charge in [-0.3, -0.25) is 4.90 Å². The molecule has 2 rings (SSSR count). The van der Waals surface area contributed by atoms with Gasteiger partial charge in [0.25, 0.3) is 0 Å². The second-order valence-corrected chi connectivity index (χ2v) is 5.17. The van der Waals surface area contributed by atoms with Crippen molar-refractivity contribution in [2.45, 2.75) is 26.8 Å². The van der Waals surface area contributed by atoms with E-state index in [1.54, 1.807) is 0 Å². The summed E-state index contributed by atoms with van der Waals surface area (Å²) >= 11 is 1.53. The zero-order chi connectivity index (χ0) is 11.7. The first kappa shape index (κ1) is 11.7. The van der Waals surface area contributed by atoms with Gasteiger partial charge in [-0.05, 0) is 31.9 Å². The van der Waals surface area contributed by atoms with Gasteiger partial charge in [0.15, 0.2) is 0 Å². The number of rotatable bonds is 2. The molecule has 1 fully saturated rings. The van der Waals surface area contributed by atoms with Gasteiger partial charge >= 0.3 is 0 Å². The minimum absolute atomic E-state index is 0.612. The van der Waals surface area contributed by atoms with E-state index in [1.807, 2.05) is 0 Å². The summed E-state index contributed by atoms with van der Waals surface area (Å²) in [5.74, 6) is 0.686. The predicted octanol–water partition coefficient (Wildman–Crippen LogP) is 1.56. The van der Waals surface area contributed by atoms with Crippen molar-refractivity contribution in [3.63, 3.8) is 0 Å². The summed E-state index contributed by atoms with van der Waals surface area (Å²) in [5.41, 5.74) is 6.94. The van der Waals surface area contributed by atoms with Crippen LogP contribution in [-0.4, -0.2) is 41.5 Å². The first-order valence-corrected chi connectivity index (χ1v) is 6.61. The van der Waals surface area contributed by atoms with Crippen molar-refractivity contribution in [3.8, 4) is 0 Å². The van der Waals surface area contributed by atoms with Crippen LogP contribution in [0.15, 0.2) is 0 Å². The summed E-state index contributed by atoms with van der Waals surface area (Å²) in [5, 5.41) is 1.25. The zero-order valence-corrected chi connectivity index (χ0v) is 11.0. The Morgan fingerprint density at radius 2 is 2.25 bits per heavy atom. The van der Waals surface area contributed by atoms with Crippen LogP contribution in [0.2, 0.25) is 0 Å². The average molecular weight is 240 g/mol. The second-order valence-electron chi connectivity index (χ2n) is 4.42. The van der Waals surface area contributed by atoms with Gasteiger partial charge in [0.05, 0.1) is 0 Å². The van der Waals surface area contributed by atoms with E-state index in [0.717, 1.165) is 31.7 Å². The predicted molar refractivity (Wildman–Crippen MR) is 70.2 cm³/mol. The van der Waals surface area contributed by atoms with Gasteiger partial charge in [0.1, 0.15) is 10.8 Å². The van der Waals surface area contributed by atoms with Crippen LogP contribution in [0.4, 0.5) is 10.8 Å². The van der Waals surface area contributed by atoms with E-state index < -0.39 is 0 Å². The summed E-state index contributed by atoms with van der Waals surface area (Å²) in [7, 11) is 0. The van der Waals surface area contributed by atoms with Gasteiger partial charge in [0.2, 0.25) is 0 Å². The Morgan fingerprint density at radius 1 is 1.50 bits per heavy atom. The Bertz CT molecular complexity index is 363. The molecule has 1 atom stereocenters. The van der Waals surface area contributed by atoms with Crippen molar-refractivity contribution >= 4 is 22.4 Å². The maximum absolute atomic E-state index is 5.80. The summed E-state index contributed by atoms with van der Waals surface area (Å²) in [6, 6.07) is 0.612. The van der Waals surface area contributed by atoms with Crippen LogP contribution < -0.4 is 10.6 Å². The molecule has 0 bridgehead atoms. The van der Waals surface area contributed by atoms with Crippen LogP contribution >= 0.6 is 11.5 Å². The molecule has 0 saturated carbocycles. The van der Waals surface area contributed by atoms with E-state index >= 15 is 0 Å². The van der Waals surface area contributed by atoms with Crippen molar-refractivity contribution in [3.05, 3.63) is 5.56 Å². The van der Waals surface area contributed by atoms with E-state index in [9.17, 15) is 0 Å². The number of nitrogens with zero attached hydrogens (tertiary/aromatic N) is 3. The summed E-state index contributed by atoms with van der Waals surface area (Å²) < 4.78 is 4.22. The lowest BCUT2D eigenvalue weighted by Crippen LogP contribution is -2.51. The zero-order valence-electron chi connectivity index (χ0n) is 10.2. The molecule has 4 nitrogen and oxygen atoms in total. The van der Waals surface area contributed by atoms with E-state index in [0.29, 0.717) is 11.9 Å². The molecule has 2 heterocycles. The number of piperazine rings is 1. The maximum Gasteiger partial charge on any atom is 0.142 e. The number of aromatic nitrogens is 1. The molecule has 2 N–H and O–H groups in total. The molecule has 0 spiro atoms. The summed E-state index contributed by atoms with van der Waals surface area (Å²) in [6.07, 6.45) is 0. The minimum atomic E-state index is 0.612. The standard InChI is InChI=1S/C11H20N4S/c1-4-14-5-6-15(7-8(14)2)11-9(3)10(12)13-16-11/h8H,4-7H2,1-3H3,(H2,12,13). The van der Waals surface area contributed by atoms with Gasteiger partial charge in [0, 0.05) is 31.2 Å². The third kappa shape index (κ3) is 2.01. The lowest BCUT2D eigenvalue weighted by Gasteiger charge is -2.39. The van der Waals surface area contributed by atoms with Crippen LogP contribution in [0, 0.1) is 6.92 Å². The van der Waals surface area contributed by atoms with Crippen LogP contribution in [0.25, 0.3) is 0 Å². The Morgan fingerprint density at radius 3 is 2.75 bits per heavy atom. The highest BCUT2D eigenvalue weighted by molar-refractivity contribution is 7.10. The Labute approximate surface area is 101 Å². The average Bonchev–Trinajstić information content (AvgIpc) is 2.60. The van der Waals surface area contributed by atoms with Gasteiger partial charge in [-0.25, -0.2) is 0 Å². The van der Waals surface area contributed by atoms with E-state index in [4.69, 9.17) is 5.73 Å². The first-order chi connectivity index (χ1) is 7.63. The molecule has 1 aliphatic heterocycles. The highest BCUT2D eigenvalue weighted by Crippen LogP contribution is 2.30. The van der Waals surface area contributed by atoms with Crippen LogP contribution in [0.5, 0.6) is 0 Å². The third-order valence-corrected chi connectivity index (χ3v) is 4.42. The van der Waals surface area contributed by atoms with Crippen LogP contribution in [0.1, 0.15) is 19.4 Å². The Balaban J connectivity index is 2.10. The summed E-state index contributed by atoms with van der Waals surface area (Å²) in [4.78, 5) is 4.93. The minimum Gasteiger partial charge on any atom is -0.383 e. The van der Waals surface area contributed by atoms with Gasteiger partial charge in [-0.1, -0.05) is 6.92 Å². The van der Waals surface area contributed by atoms with Crippen molar-refractivity contribution in [2.75, 3.05) is 36.8 Å². The molecule has 0 radical (unpaired) electrons. The Hall–Kier alpha value is -0.810. The molecular weight excluding hydrogens is 220 g/mol. The largest absolute Gasteiger partial charge is 0.383 e. The van der Waals surface area contributed by atoms with Gasteiger partial charge < -0.3 is 10.6 Å². The molecular formula is C11H20N4S. The Kier molecular flexibility index (Phi) is 3.35. The molecule has 90 valence electrons. The number of nitrogens with two attached hydrogens (primary N) is 1. The topological polar surface area (TPSA) is 45.4 Å². The monoisotopic (exact) mass is 240 g/mol. The van der Waals surface area contributed by atoms with Crippen molar-refractivity contribution in [1.29, 1.82) is 0 Å². The SMILES string of the molecule is CCN1CCN(c2snc(N)c2C)CC1C. The number of hydrogen-bond acceptors (Lipinski definition) is 5. The molecule has 0 amide bonds. The molecule has 1 unspecified atom stereocenters. The van der Waals surface area contributed by atoms with Crippen molar-refractivity contribution < 1.29 is 0 Å². The third-order valence-electron chi connectivity index (χ3n) is 3.39.